The average molecular weight is 361 g/mol. The smallest absolute Gasteiger partial charge is 0.305 e. The highest BCUT2D eigenvalue weighted by atomic mass is 32.2. The first-order valence-electron chi connectivity index (χ1n) is 7.64. The summed E-state index contributed by atoms with van der Waals surface area (Å²) >= 11 is 0. The maximum absolute atomic E-state index is 12.2. The fraction of sp³-hybridized carbons (Fsp3) is 0.235. The van der Waals surface area contributed by atoms with E-state index in [-0.39, 0.29) is 23.8 Å². The number of nitrogens with zero attached hydrogens (tertiary/aromatic N) is 2. The fourth-order valence-electron chi connectivity index (χ4n) is 1.93. The van der Waals surface area contributed by atoms with Crippen LogP contribution in [-0.2, 0) is 19.6 Å². The van der Waals surface area contributed by atoms with E-state index in [1.54, 1.807) is 12.1 Å². The van der Waals surface area contributed by atoms with Gasteiger partial charge in [0.1, 0.15) is 0 Å². The van der Waals surface area contributed by atoms with Crippen molar-refractivity contribution in [2.24, 2.45) is 10.2 Å². The molecule has 0 saturated carbocycles. The number of sulfonamides is 1. The minimum Gasteiger partial charge on any atom is -0.469 e. The molecule has 2 rings (SSSR count). The largest absolute Gasteiger partial charge is 0.469 e. The number of carbonyl (C=O) groups excluding carboxylic acids is 1. The van der Waals surface area contributed by atoms with Crippen LogP contribution in [0.1, 0.15) is 12.8 Å². The minimum absolute atomic E-state index is 0.129. The molecule has 132 valence electrons. The molecule has 0 aliphatic rings. The van der Waals surface area contributed by atoms with Crippen molar-refractivity contribution in [3.63, 3.8) is 0 Å². The lowest BCUT2D eigenvalue weighted by Crippen LogP contribution is -2.25. The molecule has 2 aromatic carbocycles. The zero-order chi connectivity index (χ0) is 18.1. The van der Waals surface area contributed by atoms with Crippen molar-refractivity contribution in [1.82, 2.24) is 4.72 Å². The number of hydrogen-bond donors (Lipinski definition) is 1. The van der Waals surface area contributed by atoms with E-state index in [2.05, 4.69) is 19.7 Å². The van der Waals surface area contributed by atoms with E-state index in [0.29, 0.717) is 17.8 Å². The summed E-state index contributed by atoms with van der Waals surface area (Å²) in [6.07, 6.45) is 0.535. The van der Waals surface area contributed by atoms with Crippen LogP contribution in [0.2, 0.25) is 0 Å². The molecule has 1 N–H and O–H groups in total. The predicted molar refractivity (Wildman–Crippen MR) is 93.5 cm³/mol. The third-order valence-corrected chi connectivity index (χ3v) is 4.74. The van der Waals surface area contributed by atoms with Gasteiger partial charge in [-0.2, -0.15) is 10.2 Å². The number of methoxy groups -OCH3 is 1. The molecule has 0 saturated heterocycles. The fourth-order valence-corrected chi connectivity index (χ4v) is 3.00. The zero-order valence-corrected chi connectivity index (χ0v) is 14.6. The molecule has 0 spiro atoms. The van der Waals surface area contributed by atoms with E-state index < -0.39 is 10.0 Å². The van der Waals surface area contributed by atoms with Crippen LogP contribution in [0.25, 0.3) is 0 Å². The highest BCUT2D eigenvalue weighted by Crippen LogP contribution is 2.20. The van der Waals surface area contributed by atoms with Crippen LogP contribution in [0.3, 0.4) is 0 Å². The number of nitrogens with one attached hydrogen (secondary N) is 1. The highest BCUT2D eigenvalue weighted by molar-refractivity contribution is 7.89. The van der Waals surface area contributed by atoms with Crippen LogP contribution in [-0.4, -0.2) is 28.0 Å². The molecule has 0 unspecified atom stereocenters. The Bertz CT molecular complexity index is 819. The van der Waals surface area contributed by atoms with Gasteiger partial charge in [0.2, 0.25) is 10.0 Å². The summed E-state index contributed by atoms with van der Waals surface area (Å²) in [5, 5.41) is 8.13. The summed E-state index contributed by atoms with van der Waals surface area (Å²) in [6, 6.07) is 15.3. The minimum atomic E-state index is -3.62. The number of ether oxygens (including phenoxy) is 1. The molecule has 2 aromatic rings. The monoisotopic (exact) mass is 361 g/mol. The van der Waals surface area contributed by atoms with Gasteiger partial charge in [0.25, 0.3) is 0 Å². The number of esters is 1. The molecule has 0 aromatic heterocycles. The molecule has 0 fully saturated rings. The lowest BCUT2D eigenvalue weighted by atomic mass is 10.3. The zero-order valence-electron chi connectivity index (χ0n) is 13.8. The second-order valence-corrected chi connectivity index (χ2v) is 6.87. The van der Waals surface area contributed by atoms with E-state index in [9.17, 15) is 13.2 Å². The maximum atomic E-state index is 12.2. The molecule has 25 heavy (non-hydrogen) atoms. The standard InChI is InChI=1S/C17H19N3O4S/c1-24-17(21)8-5-13-18-25(22,23)16-11-9-15(10-12-16)20-19-14-6-3-2-4-7-14/h2-4,6-7,9-12,18H,5,8,13H2,1H3. The Morgan fingerprint density at radius 3 is 2.20 bits per heavy atom. The second kappa shape index (κ2) is 9.05. The predicted octanol–water partition coefficient (Wildman–Crippen LogP) is 3.33. The third kappa shape index (κ3) is 6.09. The summed E-state index contributed by atoms with van der Waals surface area (Å²) in [7, 11) is -2.33. The van der Waals surface area contributed by atoms with Crippen LogP contribution >= 0.6 is 0 Å². The van der Waals surface area contributed by atoms with Gasteiger partial charge in [0.05, 0.1) is 23.4 Å². The Labute approximate surface area is 146 Å². The van der Waals surface area contributed by atoms with Crippen molar-refractivity contribution in [2.75, 3.05) is 13.7 Å². The first kappa shape index (κ1) is 18.8. The summed E-state index contributed by atoms with van der Waals surface area (Å²) < 4.78 is 31.3. The van der Waals surface area contributed by atoms with Crippen LogP contribution in [0.5, 0.6) is 0 Å². The van der Waals surface area contributed by atoms with Gasteiger partial charge in [0, 0.05) is 13.0 Å². The van der Waals surface area contributed by atoms with Crippen molar-refractivity contribution in [3.8, 4) is 0 Å². The van der Waals surface area contributed by atoms with Crippen molar-refractivity contribution in [3.05, 3.63) is 54.6 Å². The summed E-state index contributed by atoms with van der Waals surface area (Å²) in [5.74, 6) is -0.368. The first-order chi connectivity index (χ1) is 12.0. The van der Waals surface area contributed by atoms with Gasteiger partial charge < -0.3 is 4.74 Å². The second-order valence-electron chi connectivity index (χ2n) is 5.11. The van der Waals surface area contributed by atoms with E-state index in [1.807, 2.05) is 30.3 Å². The molecular weight excluding hydrogens is 342 g/mol. The highest BCUT2D eigenvalue weighted by Gasteiger charge is 2.13. The number of azo groups is 1. The number of rotatable bonds is 8. The van der Waals surface area contributed by atoms with E-state index >= 15 is 0 Å². The van der Waals surface area contributed by atoms with Gasteiger partial charge in [-0.15, -0.1) is 0 Å². The lowest BCUT2D eigenvalue weighted by Gasteiger charge is -2.06. The van der Waals surface area contributed by atoms with E-state index in [1.165, 1.54) is 19.2 Å². The number of benzene rings is 2. The Kier molecular flexibility index (Phi) is 6.79. The lowest BCUT2D eigenvalue weighted by molar-refractivity contribution is -0.140. The van der Waals surface area contributed by atoms with Gasteiger partial charge in [-0.05, 0) is 42.8 Å². The van der Waals surface area contributed by atoms with Crippen molar-refractivity contribution in [1.29, 1.82) is 0 Å². The average Bonchev–Trinajstić information content (AvgIpc) is 2.64. The topological polar surface area (TPSA) is 97.2 Å². The van der Waals surface area contributed by atoms with E-state index in [0.717, 1.165) is 0 Å². The van der Waals surface area contributed by atoms with Crippen LogP contribution in [0, 0.1) is 0 Å². The Balaban J connectivity index is 1.94. The van der Waals surface area contributed by atoms with Crippen molar-refractivity contribution in [2.45, 2.75) is 17.7 Å². The Morgan fingerprint density at radius 1 is 1.00 bits per heavy atom. The molecule has 8 heteroatoms. The molecule has 0 aliphatic carbocycles. The van der Waals surface area contributed by atoms with Crippen molar-refractivity contribution < 1.29 is 17.9 Å². The van der Waals surface area contributed by atoms with Gasteiger partial charge in [0.15, 0.2) is 0 Å². The number of carbonyl (C=O) groups is 1. The molecular formula is C17H19N3O4S. The Hall–Kier alpha value is -2.58. The molecule has 0 atom stereocenters. The van der Waals surface area contributed by atoms with Gasteiger partial charge in [-0.1, -0.05) is 18.2 Å². The van der Waals surface area contributed by atoms with Gasteiger partial charge >= 0.3 is 5.97 Å². The number of hydrogen-bond acceptors (Lipinski definition) is 6. The maximum Gasteiger partial charge on any atom is 0.305 e. The first-order valence-corrected chi connectivity index (χ1v) is 9.13. The molecule has 0 aliphatic heterocycles. The molecule has 0 amide bonds. The molecule has 0 bridgehead atoms. The quantitative estimate of drug-likeness (QED) is 0.443. The van der Waals surface area contributed by atoms with Crippen LogP contribution in [0.15, 0.2) is 69.7 Å². The molecule has 0 heterocycles. The third-order valence-electron chi connectivity index (χ3n) is 3.26. The Morgan fingerprint density at radius 2 is 1.60 bits per heavy atom. The summed E-state index contributed by atoms with van der Waals surface area (Å²) in [6.45, 7) is 0.160. The normalized spacial score (nSPS) is 11.6. The molecule has 7 nitrogen and oxygen atoms in total. The van der Waals surface area contributed by atoms with Crippen molar-refractivity contribution >= 4 is 27.4 Å². The summed E-state index contributed by atoms with van der Waals surface area (Å²) in [5.41, 5.74) is 1.26. The van der Waals surface area contributed by atoms with Crippen LogP contribution < -0.4 is 4.72 Å². The SMILES string of the molecule is COC(=O)CCCNS(=O)(=O)c1ccc(N=Nc2ccccc2)cc1. The summed E-state index contributed by atoms with van der Waals surface area (Å²) in [4.78, 5) is 11.1. The van der Waals surface area contributed by atoms with Gasteiger partial charge in [-0.25, -0.2) is 13.1 Å². The van der Waals surface area contributed by atoms with E-state index in [4.69, 9.17) is 0 Å². The molecule has 0 radical (unpaired) electrons. The van der Waals surface area contributed by atoms with Gasteiger partial charge in [-0.3, -0.25) is 4.79 Å². The van der Waals surface area contributed by atoms with Crippen LogP contribution in [0.4, 0.5) is 11.4 Å².